The quantitative estimate of drug-likeness (QED) is 0.514. The van der Waals surface area contributed by atoms with Gasteiger partial charge in [-0.1, -0.05) is 0 Å². The maximum Gasteiger partial charge on any atom is 0.433 e. The summed E-state index contributed by atoms with van der Waals surface area (Å²) in [6.45, 7) is 2.09. The molecule has 2 aromatic heterocycles. The van der Waals surface area contributed by atoms with E-state index in [4.69, 9.17) is 5.26 Å². The molecule has 0 bridgehead atoms. The zero-order valence-corrected chi connectivity index (χ0v) is 17.6. The summed E-state index contributed by atoms with van der Waals surface area (Å²) in [4.78, 5) is 14.6. The number of rotatable bonds is 9. The lowest BCUT2D eigenvalue weighted by Crippen LogP contribution is -2.32. The first-order valence-electron chi connectivity index (χ1n) is 10.1. The lowest BCUT2D eigenvalue weighted by molar-refractivity contribution is -0.141. The van der Waals surface area contributed by atoms with E-state index in [9.17, 15) is 13.2 Å². The number of aromatic nitrogens is 3. The minimum atomic E-state index is -4.48. The van der Waals surface area contributed by atoms with Gasteiger partial charge in [0.15, 0.2) is 0 Å². The summed E-state index contributed by atoms with van der Waals surface area (Å²) in [5, 5.41) is 10.2. The maximum absolute atomic E-state index is 12.8. The van der Waals surface area contributed by atoms with Crippen LogP contribution in [0.3, 0.4) is 0 Å². The maximum atomic E-state index is 12.8. The van der Waals surface area contributed by atoms with Crippen molar-refractivity contribution in [2.45, 2.75) is 25.4 Å². The predicted octanol–water partition coefficient (Wildman–Crippen LogP) is 4.24. The van der Waals surface area contributed by atoms with Crippen LogP contribution in [0.4, 0.5) is 19.1 Å². The smallest absolute Gasteiger partial charge is 0.361 e. The Morgan fingerprint density at radius 1 is 1.10 bits per heavy atom. The Balaban J connectivity index is 1.43. The minimum absolute atomic E-state index is 0.0688. The van der Waals surface area contributed by atoms with Gasteiger partial charge in [0.2, 0.25) is 5.95 Å². The van der Waals surface area contributed by atoms with Gasteiger partial charge in [0, 0.05) is 43.4 Å². The Morgan fingerprint density at radius 2 is 1.90 bits per heavy atom. The molecule has 0 aliphatic carbocycles. The molecule has 164 valence electrons. The van der Waals surface area contributed by atoms with Crippen LogP contribution in [0.2, 0.25) is 0 Å². The molecule has 1 aromatic carbocycles. The fraction of sp³-hybridized carbons (Fsp3) is 0.409. The molecular formula is C22H25F3N6. The van der Waals surface area contributed by atoms with Crippen molar-refractivity contribution in [3.8, 4) is 6.07 Å². The third-order valence-electron chi connectivity index (χ3n) is 5.22. The van der Waals surface area contributed by atoms with Gasteiger partial charge in [-0.05, 0) is 62.7 Å². The lowest BCUT2D eigenvalue weighted by atomic mass is 10.1. The molecule has 2 heterocycles. The van der Waals surface area contributed by atoms with Crippen LogP contribution in [0.25, 0.3) is 10.9 Å². The van der Waals surface area contributed by atoms with Crippen LogP contribution in [-0.4, -0.2) is 53.6 Å². The molecule has 6 nitrogen and oxygen atoms in total. The highest BCUT2D eigenvalue weighted by Crippen LogP contribution is 2.28. The molecule has 0 unspecified atom stereocenters. The Hall–Kier alpha value is -3.12. The van der Waals surface area contributed by atoms with Crippen LogP contribution in [0.1, 0.15) is 29.7 Å². The zero-order valence-electron chi connectivity index (χ0n) is 17.6. The summed E-state index contributed by atoms with van der Waals surface area (Å²) < 4.78 is 38.4. The molecule has 3 rings (SSSR count). The minimum Gasteiger partial charge on any atom is -0.361 e. The van der Waals surface area contributed by atoms with E-state index < -0.39 is 11.9 Å². The topological polar surface area (TPSA) is 71.8 Å². The monoisotopic (exact) mass is 430 g/mol. The molecule has 9 heteroatoms. The molecule has 0 saturated heterocycles. The largest absolute Gasteiger partial charge is 0.433 e. The highest BCUT2D eigenvalue weighted by molar-refractivity contribution is 5.84. The van der Waals surface area contributed by atoms with Crippen LogP contribution in [0.15, 0.2) is 36.7 Å². The fourth-order valence-corrected chi connectivity index (χ4v) is 3.37. The van der Waals surface area contributed by atoms with E-state index in [2.05, 4.69) is 25.9 Å². The van der Waals surface area contributed by atoms with E-state index in [1.54, 1.807) is 18.0 Å². The summed E-state index contributed by atoms with van der Waals surface area (Å²) in [7, 11) is 3.68. The third-order valence-corrected chi connectivity index (χ3v) is 5.22. The molecule has 0 atom stereocenters. The Bertz CT molecular complexity index is 1050. The van der Waals surface area contributed by atoms with Crippen LogP contribution >= 0.6 is 0 Å². The van der Waals surface area contributed by atoms with E-state index in [0.29, 0.717) is 18.7 Å². The van der Waals surface area contributed by atoms with Crippen LogP contribution in [0, 0.1) is 11.3 Å². The molecule has 0 radical (unpaired) electrons. The Morgan fingerprint density at radius 3 is 2.65 bits per heavy atom. The SMILES string of the molecule is CN(CCCCc1c[nH]c2ccc(C#N)cc12)CCN(C)c1nccc(C(F)(F)F)n1. The number of unbranched alkanes of at least 4 members (excludes halogenated alkanes) is 1. The number of aromatic amines is 1. The van der Waals surface area contributed by atoms with E-state index in [1.165, 1.54) is 5.56 Å². The number of benzene rings is 1. The average Bonchev–Trinajstić information content (AvgIpc) is 3.16. The third kappa shape index (κ3) is 5.95. The number of anilines is 1. The predicted molar refractivity (Wildman–Crippen MR) is 114 cm³/mol. The normalized spacial score (nSPS) is 11.8. The highest BCUT2D eigenvalue weighted by Gasteiger charge is 2.33. The average molecular weight is 430 g/mol. The van der Waals surface area contributed by atoms with Gasteiger partial charge in [0.05, 0.1) is 11.6 Å². The summed E-state index contributed by atoms with van der Waals surface area (Å²) in [5.41, 5.74) is 1.96. The fourth-order valence-electron chi connectivity index (χ4n) is 3.37. The van der Waals surface area contributed by atoms with Crippen molar-refractivity contribution >= 4 is 16.9 Å². The first-order valence-corrected chi connectivity index (χ1v) is 10.1. The zero-order chi connectivity index (χ0) is 22.4. The first-order chi connectivity index (χ1) is 14.8. The molecule has 0 amide bonds. The molecule has 0 spiro atoms. The summed E-state index contributed by atoms with van der Waals surface area (Å²) in [6.07, 6.45) is 1.57. The van der Waals surface area contributed by atoms with Gasteiger partial charge in [0.1, 0.15) is 5.69 Å². The number of nitrogens with one attached hydrogen (secondary N) is 1. The van der Waals surface area contributed by atoms with Crippen molar-refractivity contribution in [3.63, 3.8) is 0 Å². The molecular weight excluding hydrogens is 405 g/mol. The van der Waals surface area contributed by atoms with Gasteiger partial charge in [-0.15, -0.1) is 0 Å². The number of hydrogen-bond donors (Lipinski definition) is 1. The Labute approximate surface area is 179 Å². The van der Waals surface area contributed by atoms with Crippen molar-refractivity contribution in [1.29, 1.82) is 5.26 Å². The van der Waals surface area contributed by atoms with Gasteiger partial charge in [-0.2, -0.15) is 18.4 Å². The molecule has 0 aliphatic rings. The number of hydrogen-bond acceptors (Lipinski definition) is 5. The van der Waals surface area contributed by atoms with Gasteiger partial charge in [-0.3, -0.25) is 0 Å². The number of alkyl halides is 3. The van der Waals surface area contributed by atoms with Gasteiger partial charge in [-0.25, -0.2) is 9.97 Å². The molecule has 0 aliphatic heterocycles. The number of halogens is 3. The van der Waals surface area contributed by atoms with Crippen molar-refractivity contribution in [2.24, 2.45) is 0 Å². The van der Waals surface area contributed by atoms with Crippen molar-refractivity contribution in [2.75, 3.05) is 38.6 Å². The number of nitrogens with zero attached hydrogens (tertiary/aromatic N) is 5. The van der Waals surface area contributed by atoms with Gasteiger partial charge in [0.25, 0.3) is 0 Å². The molecule has 1 N–H and O–H groups in total. The number of fused-ring (bicyclic) bond motifs is 1. The van der Waals surface area contributed by atoms with Gasteiger partial charge >= 0.3 is 6.18 Å². The molecule has 0 saturated carbocycles. The van der Waals surface area contributed by atoms with Gasteiger partial charge < -0.3 is 14.8 Å². The number of aryl methyl sites for hydroxylation is 1. The molecule has 0 fully saturated rings. The van der Waals surface area contributed by atoms with E-state index >= 15 is 0 Å². The standard InChI is InChI=1S/C22H25F3N6/c1-30(11-12-31(2)21-27-9-8-20(29-21)22(23,24)25)10-4-3-5-17-15-28-19-7-6-16(14-26)13-18(17)19/h6-9,13,15,28H,3-5,10-12H2,1-2H3. The van der Waals surface area contributed by atoms with Crippen molar-refractivity contribution < 1.29 is 13.2 Å². The second-order valence-corrected chi connectivity index (χ2v) is 7.61. The summed E-state index contributed by atoms with van der Waals surface area (Å²) in [5.74, 6) is 0.0688. The van der Waals surface area contributed by atoms with E-state index in [1.807, 2.05) is 25.4 Å². The van der Waals surface area contributed by atoms with Crippen LogP contribution < -0.4 is 4.90 Å². The van der Waals surface area contributed by atoms with Crippen molar-refractivity contribution in [3.05, 3.63) is 53.5 Å². The number of likely N-dealkylation sites (N-methyl/N-ethyl adjacent to an activating group) is 2. The number of nitriles is 1. The summed E-state index contributed by atoms with van der Waals surface area (Å²) >= 11 is 0. The Kier molecular flexibility index (Phi) is 7.13. The first kappa shape index (κ1) is 22.6. The molecule has 31 heavy (non-hydrogen) atoms. The van der Waals surface area contributed by atoms with Crippen LogP contribution in [0.5, 0.6) is 0 Å². The number of H-pyrrole nitrogens is 1. The summed E-state index contributed by atoms with van der Waals surface area (Å²) in [6, 6.07) is 8.69. The molecule has 3 aromatic rings. The second-order valence-electron chi connectivity index (χ2n) is 7.61. The van der Waals surface area contributed by atoms with Crippen molar-refractivity contribution in [1.82, 2.24) is 19.9 Å². The van der Waals surface area contributed by atoms with Crippen LogP contribution in [-0.2, 0) is 12.6 Å². The lowest BCUT2D eigenvalue weighted by Gasteiger charge is -2.22. The second kappa shape index (κ2) is 9.79. The van der Waals surface area contributed by atoms with E-state index in [0.717, 1.165) is 49.0 Å². The highest BCUT2D eigenvalue weighted by atomic mass is 19.4. The van der Waals surface area contributed by atoms with E-state index in [-0.39, 0.29) is 5.95 Å².